The summed E-state index contributed by atoms with van der Waals surface area (Å²) in [7, 11) is 3.79. The number of rotatable bonds is 2. The Hall–Kier alpha value is -0.820. The molecule has 2 amide bonds. The molecule has 1 N–H and O–H groups in total. The van der Waals surface area contributed by atoms with Gasteiger partial charge in [-0.1, -0.05) is 27.5 Å². The van der Waals surface area contributed by atoms with Crippen LogP contribution in [0, 0.1) is 0 Å². The first-order valence-electron chi connectivity index (χ1n) is 6.40. The number of anilines is 1. The average Bonchev–Trinajstić information content (AvgIpc) is 2.40. The van der Waals surface area contributed by atoms with Crippen molar-refractivity contribution in [3.63, 3.8) is 0 Å². The van der Waals surface area contributed by atoms with Crippen molar-refractivity contribution in [2.45, 2.75) is 0 Å². The number of halogens is 2. The maximum absolute atomic E-state index is 12.2. The summed E-state index contributed by atoms with van der Waals surface area (Å²) in [4.78, 5) is 16.0. The third-order valence-corrected chi connectivity index (χ3v) is 4.13. The molecule has 20 heavy (non-hydrogen) atoms. The minimum absolute atomic E-state index is 0.182. The van der Waals surface area contributed by atoms with Gasteiger partial charge in [-0.05, 0) is 25.2 Å². The zero-order chi connectivity index (χ0) is 14.7. The van der Waals surface area contributed by atoms with E-state index in [1.807, 2.05) is 17.1 Å². The molecule has 110 valence electrons. The van der Waals surface area contributed by atoms with E-state index in [2.05, 4.69) is 33.3 Å². The first-order chi connectivity index (χ1) is 9.47. The Morgan fingerprint density at radius 1 is 1.35 bits per heavy atom. The molecule has 1 saturated heterocycles. The highest BCUT2D eigenvalue weighted by Crippen LogP contribution is 2.28. The zero-order valence-corrected chi connectivity index (χ0v) is 13.9. The van der Waals surface area contributed by atoms with Gasteiger partial charge < -0.3 is 4.90 Å². The van der Waals surface area contributed by atoms with E-state index < -0.39 is 0 Å². The number of hydrazine groups is 1. The fourth-order valence-corrected chi connectivity index (χ4v) is 2.79. The average molecular weight is 362 g/mol. The summed E-state index contributed by atoms with van der Waals surface area (Å²) in [6, 6.07) is 5.27. The minimum Gasteiger partial charge on any atom is -0.304 e. The van der Waals surface area contributed by atoms with Gasteiger partial charge in [0.25, 0.3) is 0 Å². The van der Waals surface area contributed by atoms with Crippen molar-refractivity contribution < 1.29 is 4.79 Å². The predicted molar refractivity (Wildman–Crippen MR) is 85.2 cm³/mol. The lowest BCUT2D eigenvalue weighted by Gasteiger charge is -2.33. The van der Waals surface area contributed by atoms with E-state index in [1.54, 1.807) is 13.1 Å². The number of carbonyl (C=O) groups is 1. The van der Waals surface area contributed by atoms with Gasteiger partial charge in [0.1, 0.15) is 0 Å². The second kappa shape index (κ2) is 6.76. The van der Waals surface area contributed by atoms with Gasteiger partial charge in [0.2, 0.25) is 0 Å². The van der Waals surface area contributed by atoms with Crippen LogP contribution in [0.3, 0.4) is 0 Å². The molecule has 0 saturated carbocycles. The molecule has 1 heterocycles. The van der Waals surface area contributed by atoms with Crippen LogP contribution in [-0.4, -0.2) is 56.2 Å². The number of likely N-dealkylation sites (N-methyl/N-ethyl adjacent to an activating group) is 1. The van der Waals surface area contributed by atoms with Crippen LogP contribution in [0.4, 0.5) is 10.5 Å². The molecule has 0 radical (unpaired) electrons. The van der Waals surface area contributed by atoms with E-state index >= 15 is 0 Å². The normalized spacial score (nSPS) is 17.0. The van der Waals surface area contributed by atoms with Crippen molar-refractivity contribution in [1.29, 1.82) is 0 Å². The number of nitrogens with zero attached hydrogens (tertiary/aromatic N) is 3. The molecular weight excluding hydrogens is 344 g/mol. The first-order valence-corrected chi connectivity index (χ1v) is 7.57. The summed E-state index contributed by atoms with van der Waals surface area (Å²) in [5, 5.41) is 2.47. The second-order valence-corrected chi connectivity index (χ2v) is 6.18. The first kappa shape index (κ1) is 15.6. The fourth-order valence-electron chi connectivity index (χ4n) is 1.99. The predicted octanol–water partition coefficient (Wildman–Crippen LogP) is 2.41. The van der Waals surface area contributed by atoms with Crippen molar-refractivity contribution in [3.8, 4) is 0 Å². The Bertz CT molecular complexity index is 491. The van der Waals surface area contributed by atoms with Crippen molar-refractivity contribution >= 4 is 39.2 Å². The number of hydrogen-bond donors (Lipinski definition) is 1. The Balaban J connectivity index is 1.98. The number of urea groups is 1. The van der Waals surface area contributed by atoms with Crippen molar-refractivity contribution in [3.05, 3.63) is 27.7 Å². The maximum Gasteiger partial charge on any atom is 0.336 e. The van der Waals surface area contributed by atoms with E-state index in [0.717, 1.165) is 30.7 Å². The molecule has 1 fully saturated rings. The van der Waals surface area contributed by atoms with Crippen LogP contribution in [0.15, 0.2) is 22.7 Å². The SMILES string of the molecule is CN1CCN(NC(=O)N(C)c2ccc(Br)cc2Cl)CC1. The summed E-state index contributed by atoms with van der Waals surface area (Å²) in [5.41, 5.74) is 3.58. The van der Waals surface area contributed by atoms with Gasteiger partial charge in [0, 0.05) is 37.7 Å². The molecule has 0 spiro atoms. The maximum atomic E-state index is 12.2. The molecule has 0 atom stereocenters. The lowest BCUT2D eigenvalue weighted by Crippen LogP contribution is -2.55. The van der Waals surface area contributed by atoms with E-state index in [4.69, 9.17) is 11.6 Å². The van der Waals surface area contributed by atoms with Crippen LogP contribution in [0.5, 0.6) is 0 Å². The fraction of sp³-hybridized carbons (Fsp3) is 0.462. The third kappa shape index (κ3) is 3.85. The molecule has 5 nitrogen and oxygen atoms in total. The van der Waals surface area contributed by atoms with Crippen molar-refractivity contribution in [2.24, 2.45) is 0 Å². The third-order valence-electron chi connectivity index (χ3n) is 3.33. The summed E-state index contributed by atoms with van der Waals surface area (Å²) in [6.07, 6.45) is 0. The van der Waals surface area contributed by atoms with Crippen LogP contribution >= 0.6 is 27.5 Å². The molecule has 1 aromatic carbocycles. The smallest absolute Gasteiger partial charge is 0.304 e. The number of piperazine rings is 1. The van der Waals surface area contributed by atoms with Gasteiger partial charge >= 0.3 is 6.03 Å². The van der Waals surface area contributed by atoms with Gasteiger partial charge in [0.05, 0.1) is 10.7 Å². The summed E-state index contributed by atoms with van der Waals surface area (Å²) >= 11 is 9.51. The quantitative estimate of drug-likeness (QED) is 0.879. The van der Waals surface area contributed by atoms with E-state index in [1.165, 1.54) is 4.90 Å². The summed E-state index contributed by atoms with van der Waals surface area (Å²) in [6.45, 7) is 3.54. The topological polar surface area (TPSA) is 38.8 Å². The van der Waals surface area contributed by atoms with Crippen LogP contribution in [-0.2, 0) is 0 Å². The van der Waals surface area contributed by atoms with Crippen LogP contribution in [0.25, 0.3) is 0 Å². The highest BCUT2D eigenvalue weighted by molar-refractivity contribution is 9.10. The molecule has 7 heteroatoms. The van der Waals surface area contributed by atoms with E-state index in [9.17, 15) is 4.79 Å². The Morgan fingerprint density at radius 2 is 2.00 bits per heavy atom. The molecule has 0 unspecified atom stereocenters. The zero-order valence-electron chi connectivity index (χ0n) is 11.6. The standard InChI is InChI=1S/C13H18BrClN4O/c1-17-5-7-19(8-6-17)16-13(20)18(2)12-4-3-10(14)9-11(12)15/h3-4,9H,5-8H2,1-2H3,(H,16,20). The molecule has 1 aliphatic heterocycles. The van der Waals surface area contributed by atoms with Crippen LogP contribution in [0.2, 0.25) is 5.02 Å². The minimum atomic E-state index is -0.182. The Morgan fingerprint density at radius 3 is 2.60 bits per heavy atom. The molecular formula is C13H18BrClN4O. The van der Waals surface area contributed by atoms with Crippen molar-refractivity contribution in [2.75, 3.05) is 45.2 Å². The van der Waals surface area contributed by atoms with Crippen LogP contribution < -0.4 is 10.3 Å². The molecule has 1 aliphatic rings. The molecule has 2 rings (SSSR count). The van der Waals surface area contributed by atoms with Gasteiger partial charge in [-0.3, -0.25) is 10.3 Å². The molecule has 1 aromatic rings. The van der Waals surface area contributed by atoms with Gasteiger partial charge in [-0.25, -0.2) is 9.80 Å². The molecule has 0 aliphatic carbocycles. The monoisotopic (exact) mass is 360 g/mol. The number of carbonyl (C=O) groups excluding carboxylic acids is 1. The number of benzene rings is 1. The number of hydrogen-bond acceptors (Lipinski definition) is 3. The van der Waals surface area contributed by atoms with E-state index in [0.29, 0.717) is 10.7 Å². The molecule has 0 bridgehead atoms. The van der Waals surface area contributed by atoms with Gasteiger partial charge in [-0.2, -0.15) is 0 Å². The molecule has 0 aromatic heterocycles. The number of nitrogens with one attached hydrogen (secondary N) is 1. The highest BCUT2D eigenvalue weighted by Gasteiger charge is 2.19. The lowest BCUT2D eigenvalue weighted by atomic mass is 10.3. The van der Waals surface area contributed by atoms with E-state index in [-0.39, 0.29) is 6.03 Å². The highest BCUT2D eigenvalue weighted by atomic mass is 79.9. The summed E-state index contributed by atoms with van der Waals surface area (Å²) < 4.78 is 0.888. The largest absolute Gasteiger partial charge is 0.336 e. The summed E-state index contributed by atoms with van der Waals surface area (Å²) in [5.74, 6) is 0. The van der Waals surface area contributed by atoms with Crippen molar-refractivity contribution in [1.82, 2.24) is 15.3 Å². The Labute approximate surface area is 132 Å². The van der Waals surface area contributed by atoms with Gasteiger partial charge in [-0.15, -0.1) is 0 Å². The Kier molecular flexibility index (Phi) is 5.26. The van der Waals surface area contributed by atoms with Gasteiger partial charge in [0.15, 0.2) is 0 Å². The van der Waals surface area contributed by atoms with Crippen LogP contribution in [0.1, 0.15) is 0 Å². The second-order valence-electron chi connectivity index (χ2n) is 4.86. The number of amides is 2. The lowest BCUT2D eigenvalue weighted by molar-refractivity contribution is 0.115.